The third-order valence-corrected chi connectivity index (χ3v) is 6.76. The first-order chi connectivity index (χ1) is 15.5. The van der Waals surface area contributed by atoms with E-state index >= 15 is 0 Å². The summed E-state index contributed by atoms with van der Waals surface area (Å²) < 4.78 is 7.58. The standard InChI is InChI=1S/C26H26ClN3O2/c1-17-15-29(16-28-17)24-10-6-18(13-25(24)32-2)12-20-7-8-22-9-11-23(30(22)26(20)31)19-4-3-5-21(27)14-19/h3-6,10,12-16,22-23H,7-9,11H2,1-2H3/b20-12+/t22-,23-/m0/s1. The predicted molar refractivity (Wildman–Crippen MR) is 126 cm³/mol. The van der Waals surface area contributed by atoms with Crippen molar-refractivity contribution in [1.82, 2.24) is 14.5 Å². The van der Waals surface area contributed by atoms with Crippen molar-refractivity contribution in [2.24, 2.45) is 0 Å². The van der Waals surface area contributed by atoms with Crippen LogP contribution in [0.3, 0.4) is 0 Å². The SMILES string of the molecule is COc1cc(/C=C2\CC[C@H]3CC[C@@H](c4cccc(Cl)c4)N3C2=O)ccc1-n1cnc(C)c1. The average molecular weight is 448 g/mol. The van der Waals surface area contributed by atoms with Gasteiger partial charge in [-0.05, 0) is 74.1 Å². The molecular weight excluding hydrogens is 422 g/mol. The number of carbonyl (C=O) groups is 1. The molecule has 3 aromatic rings. The lowest BCUT2D eigenvalue weighted by molar-refractivity contribution is -0.131. The van der Waals surface area contributed by atoms with Gasteiger partial charge in [0.1, 0.15) is 5.75 Å². The molecule has 5 nitrogen and oxygen atoms in total. The summed E-state index contributed by atoms with van der Waals surface area (Å²) in [5.41, 5.74) is 4.80. The minimum absolute atomic E-state index is 0.0938. The number of hydrogen-bond donors (Lipinski definition) is 0. The molecule has 6 heteroatoms. The fourth-order valence-corrected chi connectivity index (χ4v) is 5.19. The zero-order valence-electron chi connectivity index (χ0n) is 18.3. The molecule has 2 aromatic carbocycles. The fraction of sp³-hybridized carbons (Fsp3) is 0.308. The molecule has 3 heterocycles. The molecule has 2 fully saturated rings. The second kappa shape index (κ2) is 8.47. The highest BCUT2D eigenvalue weighted by Gasteiger charge is 2.41. The van der Waals surface area contributed by atoms with Crippen LogP contribution in [-0.2, 0) is 4.79 Å². The summed E-state index contributed by atoms with van der Waals surface area (Å²) >= 11 is 6.23. The van der Waals surface area contributed by atoms with E-state index in [2.05, 4.69) is 16.0 Å². The van der Waals surface area contributed by atoms with Crippen molar-refractivity contribution in [3.8, 4) is 11.4 Å². The Labute approximate surface area is 193 Å². The largest absolute Gasteiger partial charge is 0.495 e. The quantitative estimate of drug-likeness (QED) is 0.478. The maximum atomic E-state index is 13.5. The van der Waals surface area contributed by atoms with Gasteiger partial charge in [0, 0.05) is 22.8 Å². The van der Waals surface area contributed by atoms with Crippen molar-refractivity contribution >= 4 is 23.6 Å². The molecule has 32 heavy (non-hydrogen) atoms. The first-order valence-electron chi connectivity index (χ1n) is 11.0. The van der Waals surface area contributed by atoms with Crippen molar-refractivity contribution in [3.63, 3.8) is 0 Å². The summed E-state index contributed by atoms with van der Waals surface area (Å²) in [6.07, 6.45) is 9.58. The van der Waals surface area contributed by atoms with Crippen LogP contribution in [-0.4, -0.2) is 33.5 Å². The minimum Gasteiger partial charge on any atom is -0.495 e. The number of halogens is 1. The highest BCUT2D eigenvalue weighted by atomic mass is 35.5. The van der Waals surface area contributed by atoms with Crippen LogP contribution in [0.5, 0.6) is 5.75 Å². The number of nitrogens with zero attached hydrogens (tertiary/aromatic N) is 3. The van der Waals surface area contributed by atoms with Gasteiger partial charge in [-0.1, -0.05) is 29.8 Å². The maximum absolute atomic E-state index is 13.5. The number of hydrogen-bond acceptors (Lipinski definition) is 3. The van der Waals surface area contributed by atoms with E-state index < -0.39 is 0 Å². The molecule has 2 aliphatic rings. The summed E-state index contributed by atoms with van der Waals surface area (Å²) in [7, 11) is 1.66. The molecule has 2 atom stereocenters. The molecule has 0 spiro atoms. The number of carbonyl (C=O) groups excluding carboxylic acids is 1. The number of aromatic nitrogens is 2. The molecule has 0 bridgehead atoms. The Morgan fingerprint density at radius 1 is 1.16 bits per heavy atom. The number of ether oxygens (including phenoxy) is 1. The van der Waals surface area contributed by atoms with E-state index in [0.717, 1.165) is 59.5 Å². The van der Waals surface area contributed by atoms with E-state index in [4.69, 9.17) is 16.3 Å². The van der Waals surface area contributed by atoms with Crippen LogP contribution in [0.2, 0.25) is 5.02 Å². The fourth-order valence-electron chi connectivity index (χ4n) is 5.00. The highest BCUT2D eigenvalue weighted by molar-refractivity contribution is 6.30. The van der Waals surface area contributed by atoms with Gasteiger partial charge in [-0.15, -0.1) is 0 Å². The molecule has 164 valence electrons. The Bertz CT molecular complexity index is 1200. The van der Waals surface area contributed by atoms with Crippen molar-refractivity contribution in [2.45, 2.75) is 44.7 Å². The van der Waals surface area contributed by atoms with Crippen LogP contribution in [0.4, 0.5) is 0 Å². The summed E-state index contributed by atoms with van der Waals surface area (Å²) in [6, 6.07) is 14.3. The second-order valence-corrected chi connectivity index (χ2v) is 9.01. The lowest BCUT2D eigenvalue weighted by atomic mass is 9.95. The molecule has 2 saturated heterocycles. The summed E-state index contributed by atoms with van der Waals surface area (Å²) in [5.74, 6) is 0.882. The number of methoxy groups -OCH3 is 1. The number of amides is 1. The van der Waals surface area contributed by atoms with Crippen LogP contribution in [0, 0.1) is 6.92 Å². The van der Waals surface area contributed by atoms with Crippen molar-refractivity contribution in [1.29, 1.82) is 0 Å². The molecule has 0 unspecified atom stereocenters. The minimum atomic E-state index is 0.0938. The van der Waals surface area contributed by atoms with Gasteiger partial charge in [0.2, 0.25) is 0 Å². The molecule has 0 aliphatic carbocycles. The van der Waals surface area contributed by atoms with Crippen LogP contribution in [0.15, 0.2) is 60.6 Å². The Hall–Kier alpha value is -3.05. The van der Waals surface area contributed by atoms with Gasteiger partial charge < -0.3 is 14.2 Å². The normalized spacial score (nSPS) is 21.8. The molecule has 1 aromatic heterocycles. The molecule has 1 amide bonds. The van der Waals surface area contributed by atoms with Crippen LogP contribution in [0.1, 0.15) is 48.5 Å². The average Bonchev–Trinajstić information content (AvgIpc) is 3.42. The molecule has 0 saturated carbocycles. The smallest absolute Gasteiger partial charge is 0.250 e. The van der Waals surface area contributed by atoms with Crippen LogP contribution < -0.4 is 4.74 Å². The Kier molecular flexibility index (Phi) is 5.51. The first kappa shape index (κ1) is 20.8. The van der Waals surface area contributed by atoms with E-state index in [0.29, 0.717) is 11.1 Å². The number of benzene rings is 2. The number of fused-ring (bicyclic) bond motifs is 1. The van der Waals surface area contributed by atoms with E-state index in [-0.39, 0.29) is 11.9 Å². The second-order valence-electron chi connectivity index (χ2n) is 8.58. The van der Waals surface area contributed by atoms with E-state index in [1.807, 2.05) is 60.2 Å². The monoisotopic (exact) mass is 447 g/mol. The lowest BCUT2D eigenvalue weighted by Gasteiger charge is -2.35. The van der Waals surface area contributed by atoms with Gasteiger partial charge in [0.05, 0.1) is 30.9 Å². The van der Waals surface area contributed by atoms with Crippen molar-refractivity contribution < 1.29 is 9.53 Å². The van der Waals surface area contributed by atoms with Gasteiger partial charge in [0.25, 0.3) is 5.91 Å². The Morgan fingerprint density at radius 3 is 2.78 bits per heavy atom. The van der Waals surface area contributed by atoms with Gasteiger partial charge in [-0.25, -0.2) is 4.98 Å². The molecule has 0 N–H and O–H groups in total. The molecule has 0 radical (unpaired) electrons. The highest BCUT2D eigenvalue weighted by Crippen LogP contribution is 2.43. The lowest BCUT2D eigenvalue weighted by Crippen LogP contribution is -2.41. The van der Waals surface area contributed by atoms with Crippen molar-refractivity contribution in [2.75, 3.05) is 7.11 Å². The number of rotatable bonds is 4. The van der Waals surface area contributed by atoms with Crippen LogP contribution in [0.25, 0.3) is 11.8 Å². The Morgan fingerprint density at radius 2 is 2.03 bits per heavy atom. The van der Waals surface area contributed by atoms with Crippen molar-refractivity contribution in [3.05, 3.63) is 82.4 Å². The van der Waals surface area contributed by atoms with E-state index in [1.165, 1.54) is 0 Å². The van der Waals surface area contributed by atoms with Gasteiger partial charge in [-0.3, -0.25) is 4.79 Å². The summed E-state index contributed by atoms with van der Waals surface area (Å²) in [4.78, 5) is 19.9. The maximum Gasteiger partial charge on any atom is 0.250 e. The number of aryl methyl sites for hydroxylation is 1. The third kappa shape index (κ3) is 3.82. The molecule has 5 rings (SSSR count). The topological polar surface area (TPSA) is 47.4 Å². The predicted octanol–water partition coefficient (Wildman–Crippen LogP) is 5.75. The zero-order chi connectivity index (χ0) is 22.2. The first-order valence-corrected chi connectivity index (χ1v) is 11.4. The number of imidazole rings is 1. The van der Waals surface area contributed by atoms with E-state index in [1.54, 1.807) is 13.4 Å². The van der Waals surface area contributed by atoms with E-state index in [9.17, 15) is 4.79 Å². The molecular formula is C26H26ClN3O2. The summed E-state index contributed by atoms with van der Waals surface area (Å²) in [5, 5.41) is 0.714. The molecule has 2 aliphatic heterocycles. The number of piperidine rings is 1. The van der Waals surface area contributed by atoms with Gasteiger partial charge in [0.15, 0.2) is 0 Å². The summed E-state index contributed by atoms with van der Waals surface area (Å²) in [6.45, 7) is 1.96. The van der Waals surface area contributed by atoms with Gasteiger partial charge >= 0.3 is 0 Å². The zero-order valence-corrected chi connectivity index (χ0v) is 19.0. The van der Waals surface area contributed by atoms with Crippen LogP contribution >= 0.6 is 11.6 Å². The third-order valence-electron chi connectivity index (χ3n) is 6.53. The van der Waals surface area contributed by atoms with Gasteiger partial charge in [-0.2, -0.15) is 0 Å². The Balaban J connectivity index is 1.44.